The Morgan fingerprint density at radius 3 is 1.03 bits per heavy atom. The first kappa shape index (κ1) is 96.8. The summed E-state index contributed by atoms with van der Waals surface area (Å²) in [6.45, 7) is 57.6. The lowest BCUT2D eigenvalue weighted by Gasteiger charge is -2.19. The fourth-order valence-electron chi connectivity index (χ4n) is 11.1. The average molecular weight is 1500 g/mol. The molecule has 0 aliphatic carbocycles. The molecule has 2 nitrogen and oxygen atoms in total. The molecule has 0 saturated heterocycles. The molecule has 7 unspecified atom stereocenters. The van der Waals surface area contributed by atoms with Crippen molar-refractivity contribution in [3.05, 3.63) is 267 Å². The summed E-state index contributed by atoms with van der Waals surface area (Å²) in [5.74, 6) is 1.40. The van der Waals surface area contributed by atoms with E-state index in [1.807, 2.05) is 91.0 Å². The van der Waals surface area contributed by atoms with Crippen LogP contribution in [0.25, 0.3) is 0 Å². The molecule has 0 aliphatic heterocycles. The van der Waals surface area contributed by atoms with Crippen LogP contribution in [0.1, 0.15) is 269 Å². The normalized spacial score (nSPS) is 13.1. The van der Waals surface area contributed by atoms with Crippen molar-refractivity contribution in [3.63, 3.8) is 0 Å². The number of aryl methyl sites for hydroxylation is 7. The van der Waals surface area contributed by atoms with Gasteiger partial charge < -0.3 is 10.2 Å². The maximum Gasteiger partial charge on any atom is 0.161 e. The molecule has 0 aliphatic rings. The predicted molar refractivity (Wildman–Crippen MR) is 431 cm³/mol. The fourth-order valence-corrected chi connectivity index (χ4v) is 12.5. The summed E-state index contributed by atoms with van der Waals surface area (Å²) in [7, 11) is 0. The zero-order valence-electron chi connectivity index (χ0n) is 68.5. The molecule has 0 saturated carbocycles. The lowest BCUT2D eigenvalue weighted by molar-refractivity contribution is 0.236. The number of thiophene rings is 1. The van der Waals surface area contributed by atoms with Crippen molar-refractivity contribution in [2.75, 3.05) is 13.2 Å². The van der Waals surface area contributed by atoms with Gasteiger partial charge in [-0.1, -0.05) is 199 Å². The van der Waals surface area contributed by atoms with Crippen molar-refractivity contribution in [3.8, 4) is 0 Å². The van der Waals surface area contributed by atoms with Crippen molar-refractivity contribution in [1.29, 1.82) is 0 Å². The van der Waals surface area contributed by atoms with Crippen molar-refractivity contribution in [1.82, 2.24) is 0 Å². The predicted octanol–water partition coefficient (Wildman–Crippen LogP) is 29.1. The molecule has 0 spiro atoms. The molecule has 2 N–H and O–H groups in total. The maximum absolute atomic E-state index is 13.1. The SMILES string of the molecule is CC(C)C(CO)c1cc(F)cc(F)c1.Cc1cc(C(C)C(C)C)cc(F)c1F.Cc1cc(C(C)C(C)C)ccc1F.Cc1cc(C(CO)C(C)C)cc(F)c1F.Cc1cc(Cl)cc(C(C)C(C)C)c1.Cc1cc(F)cc(C(C)C(C)C)c1.Cc1cc(F)cc(CC(C)C)c1.Cc1ccc(C(C)C(C)C)s1. The van der Waals surface area contributed by atoms with Crippen LogP contribution in [0.4, 0.5) is 39.5 Å². The van der Waals surface area contributed by atoms with Gasteiger partial charge in [0.2, 0.25) is 0 Å². The number of benzene rings is 7. The second-order valence-corrected chi connectivity index (χ2v) is 33.3. The lowest BCUT2D eigenvalue weighted by atomic mass is 9.88. The minimum absolute atomic E-state index is 0.0534. The first-order valence-corrected chi connectivity index (χ1v) is 38.6. The van der Waals surface area contributed by atoms with Crippen molar-refractivity contribution in [2.24, 2.45) is 47.3 Å². The molecular formula is C92H128ClF9O2S. The fraction of sp³-hybridized carbons (Fsp3) is 0.500. The van der Waals surface area contributed by atoms with Gasteiger partial charge in [-0.15, -0.1) is 11.3 Å². The van der Waals surface area contributed by atoms with Gasteiger partial charge in [-0.3, -0.25) is 0 Å². The topological polar surface area (TPSA) is 40.5 Å². The van der Waals surface area contributed by atoms with Gasteiger partial charge in [-0.25, -0.2) is 39.5 Å². The molecule has 0 radical (unpaired) electrons. The third kappa shape index (κ3) is 35.2. The van der Waals surface area contributed by atoms with E-state index in [9.17, 15) is 44.6 Å². The number of rotatable bonds is 18. The standard InChI is InChI=1S/C12H17Cl.C12H16F2O.C12H16F2.2C12H17F.C11H14F2O.C11H15F.C10H16S/c1-8(2)10(4)11-5-9(3)6-12(13)7-11;1-7(2)10(6-15)9-4-8(3)12(14)11(13)5-9;1-7(2)9(4)10-5-8(3)12(14)11(13)6-10;1-8(2)10(4)11-5-9(3)6-12(13)7-11;1-8(2)10(4)11-5-6-12(13)9(3)7-11;1-7(2)11(6-14)8-3-9(12)5-10(13)4-8;1-8(2)4-10-5-9(3)6-11(12)7-10;1-7(2)9(4)10-6-5-8(3)11-10/h5-8,10H,1-4H3;4-5,7,10,15H,6H2,1-3H3;5-7,9H,1-4H3;2*5-8,10H,1-4H3;3-5,7,11,14H,6H2,1-2H3;5-8H,4H2,1-3H3;5-7,9H,1-4H3. The Bertz CT molecular complexity index is 3640. The lowest BCUT2D eigenvalue weighted by Crippen LogP contribution is -2.12. The van der Waals surface area contributed by atoms with Crippen LogP contribution >= 0.6 is 22.9 Å². The summed E-state index contributed by atoms with van der Waals surface area (Å²) in [4.78, 5) is 2.95. The molecule has 0 bridgehead atoms. The van der Waals surface area contributed by atoms with Gasteiger partial charge in [0.05, 0.1) is 13.2 Å². The second kappa shape index (κ2) is 47.6. The summed E-state index contributed by atoms with van der Waals surface area (Å²) in [5.41, 5.74) is 11.5. The van der Waals surface area contributed by atoms with Crippen LogP contribution in [0.2, 0.25) is 5.02 Å². The van der Waals surface area contributed by atoms with E-state index in [2.05, 4.69) is 155 Å². The van der Waals surface area contributed by atoms with Crippen LogP contribution in [-0.2, 0) is 6.42 Å². The summed E-state index contributed by atoms with van der Waals surface area (Å²) in [6.07, 6.45) is 0.957. The molecule has 0 fully saturated rings. The second-order valence-electron chi connectivity index (χ2n) is 31.5. The number of aliphatic hydroxyl groups is 2. The van der Waals surface area contributed by atoms with E-state index in [1.165, 1.54) is 57.6 Å². The highest BCUT2D eigenvalue weighted by Crippen LogP contribution is 2.33. The highest BCUT2D eigenvalue weighted by Gasteiger charge is 2.21. The van der Waals surface area contributed by atoms with Crippen molar-refractivity contribution < 1.29 is 49.7 Å². The van der Waals surface area contributed by atoms with E-state index >= 15 is 0 Å². The largest absolute Gasteiger partial charge is 0.396 e. The van der Waals surface area contributed by atoms with Crippen LogP contribution in [0.3, 0.4) is 0 Å². The minimum Gasteiger partial charge on any atom is -0.396 e. The first-order valence-electron chi connectivity index (χ1n) is 37.4. The quantitative estimate of drug-likeness (QED) is 0.0841. The van der Waals surface area contributed by atoms with Crippen LogP contribution < -0.4 is 0 Å². The van der Waals surface area contributed by atoms with Crippen LogP contribution in [0, 0.1) is 148 Å². The van der Waals surface area contributed by atoms with Crippen LogP contribution in [0.15, 0.2) is 127 Å². The average Bonchev–Trinajstić information content (AvgIpc) is 1.72. The summed E-state index contributed by atoms with van der Waals surface area (Å²) in [5, 5.41) is 19.1. The molecule has 8 aromatic rings. The van der Waals surface area contributed by atoms with Gasteiger partial charge in [0.1, 0.15) is 29.1 Å². The molecule has 7 aromatic carbocycles. The molecule has 1 aromatic heterocycles. The number of hydrogen-bond donors (Lipinski definition) is 2. The highest BCUT2D eigenvalue weighted by atomic mass is 35.5. The van der Waals surface area contributed by atoms with E-state index in [0.717, 1.165) is 56.8 Å². The monoisotopic (exact) mass is 1500 g/mol. The van der Waals surface area contributed by atoms with Crippen molar-refractivity contribution >= 4 is 22.9 Å². The summed E-state index contributed by atoms with van der Waals surface area (Å²) in [6, 6.07) is 35.8. The summed E-state index contributed by atoms with van der Waals surface area (Å²) >= 11 is 7.92. The molecule has 8 rings (SSSR count). The van der Waals surface area contributed by atoms with E-state index in [1.54, 1.807) is 49.4 Å². The number of aliphatic hydroxyl groups excluding tert-OH is 2. The van der Waals surface area contributed by atoms with Gasteiger partial charge in [0.25, 0.3) is 0 Å². The molecule has 7 atom stereocenters. The van der Waals surface area contributed by atoms with E-state index in [4.69, 9.17) is 16.7 Å². The molecule has 584 valence electrons. The third-order valence-electron chi connectivity index (χ3n) is 19.6. The Morgan fingerprint density at radius 2 is 0.667 bits per heavy atom. The Hall–Kier alpha value is -6.18. The highest BCUT2D eigenvalue weighted by molar-refractivity contribution is 7.12. The van der Waals surface area contributed by atoms with E-state index in [0.29, 0.717) is 70.0 Å². The Labute approximate surface area is 638 Å². The summed E-state index contributed by atoms with van der Waals surface area (Å²) < 4.78 is 117. The van der Waals surface area contributed by atoms with E-state index in [-0.39, 0.29) is 65.8 Å². The first-order chi connectivity index (χ1) is 48.6. The van der Waals surface area contributed by atoms with Gasteiger partial charge in [-0.05, 0) is 283 Å². The zero-order valence-corrected chi connectivity index (χ0v) is 70.1. The Balaban J connectivity index is 0.000000601. The smallest absolute Gasteiger partial charge is 0.161 e. The number of hydrogen-bond acceptors (Lipinski definition) is 3. The maximum atomic E-state index is 13.1. The Kier molecular flexibility index (Phi) is 43.9. The van der Waals surface area contributed by atoms with Gasteiger partial charge >= 0.3 is 0 Å². The third-order valence-corrected chi connectivity index (χ3v) is 21.0. The molecule has 1 heterocycles. The van der Waals surface area contributed by atoms with Gasteiger partial charge in [0, 0.05) is 32.7 Å². The van der Waals surface area contributed by atoms with E-state index < -0.39 is 34.9 Å². The molecular weight excluding hydrogens is 1380 g/mol. The Morgan fingerprint density at radius 1 is 0.314 bits per heavy atom. The molecule has 0 amide bonds. The van der Waals surface area contributed by atoms with Gasteiger partial charge in [0.15, 0.2) is 23.3 Å². The van der Waals surface area contributed by atoms with Crippen molar-refractivity contribution in [2.45, 2.75) is 242 Å². The zero-order chi connectivity index (χ0) is 80.8. The molecule has 105 heavy (non-hydrogen) atoms. The molecule has 13 heteroatoms. The number of halogens is 10. The van der Waals surface area contributed by atoms with Crippen LogP contribution in [0.5, 0.6) is 0 Å². The van der Waals surface area contributed by atoms with Crippen LogP contribution in [-0.4, -0.2) is 23.4 Å². The van der Waals surface area contributed by atoms with Gasteiger partial charge in [-0.2, -0.15) is 0 Å². The minimum atomic E-state index is -0.843.